The largest absolute Gasteiger partial charge is 0.492 e. The highest BCUT2D eigenvalue weighted by atomic mass is 16.8. The summed E-state index contributed by atoms with van der Waals surface area (Å²) in [6, 6.07) is 1.45. The van der Waals surface area contributed by atoms with Crippen LogP contribution in [0.3, 0.4) is 0 Å². The average Bonchev–Trinajstić information content (AvgIpc) is 3.16. The van der Waals surface area contributed by atoms with Crippen molar-refractivity contribution < 1.29 is 38.5 Å². The zero-order chi connectivity index (χ0) is 20.2. The van der Waals surface area contributed by atoms with Crippen LogP contribution in [-0.4, -0.2) is 44.4 Å². The number of nitrogens with one attached hydrogen (secondary N) is 1. The van der Waals surface area contributed by atoms with Crippen LogP contribution in [0.15, 0.2) is 17.6 Å². The van der Waals surface area contributed by atoms with Gasteiger partial charge in [-0.2, -0.15) is 0 Å². The predicted molar refractivity (Wildman–Crippen MR) is 100.0 cm³/mol. The maximum Gasteiger partial charge on any atom is 0.351 e. The number of likely N-dealkylation sites (N-methyl/N-ethyl adjacent to an activating group) is 1. The molecular formula is C21H26NO7+. The molecule has 2 N–H and O–H groups in total. The van der Waals surface area contributed by atoms with Crippen molar-refractivity contribution in [1.29, 1.82) is 0 Å². The van der Waals surface area contributed by atoms with E-state index in [0.717, 1.165) is 48.3 Å². The number of fused-ring (bicyclic) bond motifs is 2. The molecule has 0 aromatic heterocycles. The standard InChI is InChI=1S/C21H25NO7/c1-22-9-6-12-10-13-17(27-11-26-13)18(25-2)14(12)16(22)15-19(23)28-21(29-20(15)24)7-4-3-5-8-21/h10,16,23H,3-9,11H2,1-2H3/p+1/t16-/m1/s1. The van der Waals surface area contributed by atoms with Gasteiger partial charge in [-0.1, -0.05) is 6.42 Å². The van der Waals surface area contributed by atoms with E-state index in [-0.39, 0.29) is 18.3 Å². The molecule has 0 bridgehead atoms. The van der Waals surface area contributed by atoms with Crippen LogP contribution < -0.4 is 19.1 Å². The summed E-state index contributed by atoms with van der Waals surface area (Å²) < 4.78 is 28.5. The van der Waals surface area contributed by atoms with E-state index in [9.17, 15) is 9.90 Å². The smallest absolute Gasteiger partial charge is 0.351 e. The number of carbonyl (C=O) groups excluding carboxylic acids is 1. The summed E-state index contributed by atoms with van der Waals surface area (Å²) in [4.78, 5) is 14.2. The van der Waals surface area contributed by atoms with Gasteiger partial charge in [-0.3, -0.25) is 0 Å². The summed E-state index contributed by atoms with van der Waals surface area (Å²) in [5, 5.41) is 10.9. The number of hydrogen-bond donors (Lipinski definition) is 2. The Labute approximate surface area is 168 Å². The van der Waals surface area contributed by atoms with E-state index in [1.807, 2.05) is 13.1 Å². The van der Waals surface area contributed by atoms with Gasteiger partial charge in [-0.15, -0.1) is 0 Å². The van der Waals surface area contributed by atoms with Crippen LogP contribution in [0.25, 0.3) is 0 Å². The molecule has 29 heavy (non-hydrogen) atoms. The zero-order valence-corrected chi connectivity index (χ0v) is 16.7. The van der Waals surface area contributed by atoms with Crippen molar-refractivity contribution in [2.45, 2.75) is 50.4 Å². The molecule has 1 saturated carbocycles. The van der Waals surface area contributed by atoms with Crippen LogP contribution in [0.2, 0.25) is 0 Å². The fraction of sp³-hybridized carbons (Fsp3) is 0.571. The maximum absolute atomic E-state index is 13.1. The Balaban J connectivity index is 1.62. The Morgan fingerprint density at radius 2 is 2.00 bits per heavy atom. The van der Waals surface area contributed by atoms with E-state index < -0.39 is 17.8 Å². The molecule has 8 nitrogen and oxygen atoms in total. The molecule has 3 heterocycles. The Hall–Kier alpha value is -2.61. The Morgan fingerprint density at radius 1 is 1.21 bits per heavy atom. The monoisotopic (exact) mass is 404 g/mol. The molecule has 4 aliphatic rings. The summed E-state index contributed by atoms with van der Waals surface area (Å²) >= 11 is 0. The first-order chi connectivity index (χ1) is 14.0. The molecule has 1 aliphatic carbocycles. The first-order valence-corrected chi connectivity index (χ1v) is 10.2. The fourth-order valence-electron chi connectivity index (χ4n) is 5.02. The van der Waals surface area contributed by atoms with Crippen molar-refractivity contribution in [1.82, 2.24) is 0 Å². The minimum atomic E-state index is -1.03. The third-order valence-corrected chi connectivity index (χ3v) is 6.43. The first kappa shape index (κ1) is 18.4. The molecule has 156 valence electrons. The number of aliphatic hydroxyl groups excluding tert-OH is 1. The molecule has 0 amide bonds. The highest BCUT2D eigenvalue weighted by molar-refractivity contribution is 5.91. The number of aliphatic hydroxyl groups is 1. The lowest BCUT2D eigenvalue weighted by molar-refractivity contribution is -0.908. The van der Waals surface area contributed by atoms with Gasteiger partial charge >= 0.3 is 5.97 Å². The van der Waals surface area contributed by atoms with E-state index in [2.05, 4.69) is 0 Å². The van der Waals surface area contributed by atoms with Crippen molar-refractivity contribution >= 4 is 5.97 Å². The Bertz CT molecular complexity index is 888. The van der Waals surface area contributed by atoms with Crippen LogP contribution in [0.5, 0.6) is 17.2 Å². The van der Waals surface area contributed by atoms with Gasteiger partial charge < -0.3 is 33.7 Å². The number of esters is 1. The molecule has 1 fully saturated rings. The third-order valence-electron chi connectivity index (χ3n) is 6.43. The Morgan fingerprint density at radius 3 is 2.72 bits per heavy atom. The predicted octanol–water partition coefficient (Wildman–Crippen LogP) is 1.54. The quantitative estimate of drug-likeness (QED) is 0.723. The summed E-state index contributed by atoms with van der Waals surface area (Å²) in [5.74, 6) is -0.189. The molecule has 8 heteroatoms. The zero-order valence-electron chi connectivity index (χ0n) is 16.7. The van der Waals surface area contributed by atoms with Gasteiger partial charge in [0.05, 0.1) is 26.3 Å². The lowest BCUT2D eigenvalue weighted by Gasteiger charge is -2.41. The number of hydrogen-bond acceptors (Lipinski definition) is 7. The van der Waals surface area contributed by atoms with Crippen molar-refractivity contribution in [2.75, 3.05) is 27.5 Å². The maximum atomic E-state index is 13.1. The number of carbonyl (C=O) groups is 1. The second-order valence-corrected chi connectivity index (χ2v) is 8.18. The van der Waals surface area contributed by atoms with Crippen molar-refractivity contribution in [3.05, 3.63) is 28.7 Å². The summed E-state index contributed by atoms with van der Waals surface area (Å²) in [6.45, 7) is 0.902. The summed E-state index contributed by atoms with van der Waals surface area (Å²) in [5.41, 5.74) is 1.95. The lowest BCUT2D eigenvalue weighted by Crippen LogP contribution is -3.10. The van der Waals surface area contributed by atoms with E-state index in [0.29, 0.717) is 30.1 Å². The molecule has 1 unspecified atom stereocenters. The molecule has 0 radical (unpaired) electrons. The van der Waals surface area contributed by atoms with E-state index in [4.69, 9.17) is 23.7 Å². The van der Waals surface area contributed by atoms with Gasteiger partial charge in [0.25, 0.3) is 11.7 Å². The van der Waals surface area contributed by atoms with Crippen LogP contribution in [0, 0.1) is 0 Å². The number of quaternary nitrogens is 1. The van der Waals surface area contributed by atoms with Crippen molar-refractivity contribution in [2.24, 2.45) is 0 Å². The van der Waals surface area contributed by atoms with Crippen molar-refractivity contribution in [3.8, 4) is 17.2 Å². The van der Waals surface area contributed by atoms with Gasteiger partial charge in [0.2, 0.25) is 12.5 Å². The van der Waals surface area contributed by atoms with Gasteiger partial charge in [0, 0.05) is 19.3 Å². The van der Waals surface area contributed by atoms with Gasteiger partial charge in [0.15, 0.2) is 23.1 Å². The molecule has 5 rings (SSSR count). The molecule has 1 spiro atoms. The highest BCUT2D eigenvalue weighted by Crippen LogP contribution is 2.49. The van der Waals surface area contributed by atoms with Crippen LogP contribution in [0.1, 0.15) is 49.3 Å². The average molecular weight is 404 g/mol. The minimum Gasteiger partial charge on any atom is -0.492 e. The first-order valence-electron chi connectivity index (χ1n) is 10.2. The van der Waals surface area contributed by atoms with E-state index in [1.165, 1.54) is 0 Å². The van der Waals surface area contributed by atoms with Crippen molar-refractivity contribution in [3.63, 3.8) is 0 Å². The summed E-state index contributed by atoms with van der Waals surface area (Å²) in [6.07, 6.45) is 4.88. The molecular weight excluding hydrogens is 378 g/mol. The van der Waals surface area contributed by atoms with Crippen LogP contribution >= 0.6 is 0 Å². The van der Waals surface area contributed by atoms with E-state index >= 15 is 0 Å². The summed E-state index contributed by atoms with van der Waals surface area (Å²) in [7, 11) is 3.55. The number of rotatable bonds is 2. The van der Waals surface area contributed by atoms with Gasteiger partial charge in [-0.25, -0.2) is 4.79 Å². The fourth-order valence-corrected chi connectivity index (χ4v) is 5.02. The molecule has 0 saturated heterocycles. The molecule has 1 aromatic carbocycles. The normalized spacial score (nSPS) is 27.3. The van der Waals surface area contributed by atoms with Crippen LogP contribution in [0.4, 0.5) is 0 Å². The Kier molecular flexibility index (Phi) is 4.27. The van der Waals surface area contributed by atoms with Gasteiger partial charge in [-0.05, 0) is 24.5 Å². The second-order valence-electron chi connectivity index (χ2n) is 8.18. The highest BCUT2D eigenvalue weighted by Gasteiger charge is 2.51. The number of ether oxygens (including phenoxy) is 5. The number of benzene rings is 1. The SMILES string of the molecule is COc1c2c(cc3c1[C@H](C1=C(O)OC4(CCCCC4)OC1=O)[NH+](C)CC3)OCO2. The second kappa shape index (κ2) is 6.73. The van der Waals surface area contributed by atoms with Gasteiger partial charge in [0.1, 0.15) is 0 Å². The molecule has 1 aromatic rings. The minimum absolute atomic E-state index is 0.129. The van der Waals surface area contributed by atoms with Crippen LogP contribution in [-0.2, 0) is 20.7 Å². The number of methoxy groups -OCH3 is 1. The lowest BCUT2D eigenvalue weighted by atomic mass is 9.86. The topological polar surface area (TPSA) is 87.9 Å². The van der Waals surface area contributed by atoms with E-state index in [1.54, 1.807) is 7.11 Å². The third kappa shape index (κ3) is 2.80. The molecule has 2 atom stereocenters. The molecule has 3 aliphatic heterocycles.